The van der Waals surface area contributed by atoms with E-state index in [4.69, 9.17) is 4.98 Å². The van der Waals surface area contributed by atoms with Gasteiger partial charge < -0.3 is 9.72 Å². The summed E-state index contributed by atoms with van der Waals surface area (Å²) in [5.41, 5.74) is 6.75. The van der Waals surface area contributed by atoms with E-state index < -0.39 is 0 Å². The second-order valence-electron chi connectivity index (χ2n) is 7.43. The van der Waals surface area contributed by atoms with Gasteiger partial charge in [-0.3, -0.25) is 14.9 Å². The first-order valence-corrected chi connectivity index (χ1v) is 9.88. The Morgan fingerprint density at radius 1 is 1.04 bits per heavy atom. The fourth-order valence-corrected chi connectivity index (χ4v) is 3.88. The Kier molecular flexibility index (Phi) is 4.72. The predicted molar refractivity (Wildman–Crippen MR) is 112 cm³/mol. The van der Waals surface area contributed by atoms with E-state index in [9.17, 15) is 0 Å². The van der Waals surface area contributed by atoms with Gasteiger partial charge in [-0.1, -0.05) is 6.08 Å². The summed E-state index contributed by atoms with van der Waals surface area (Å²) in [7, 11) is 0. The molecule has 0 amide bonds. The molecule has 0 unspecified atom stereocenters. The average molecular weight is 372 g/mol. The lowest BCUT2D eigenvalue weighted by molar-refractivity contribution is 0.233. The number of aromatic nitrogens is 3. The average Bonchev–Trinajstić information content (AvgIpc) is 3.38. The number of nitrogens with zero attached hydrogens (tertiary/aromatic N) is 5. The van der Waals surface area contributed by atoms with Gasteiger partial charge in [0.2, 0.25) is 0 Å². The molecule has 1 N–H and O–H groups in total. The van der Waals surface area contributed by atoms with Gasteiger partial charge in [-0.15, -0.1) is 0 Å². The molecule has 0 saturated carbocycles. The molecule has 3 aromatic rings. The van der Waals surface area contributed by atoms with Gasteiger partial charge in [-0.25, -0.2) is 4.98 Å². The molecule has 2 aliphatic rings. The molecule has 1 fully saturated rings. The number of aliphatic imine (C=N–C) groups is 1. The molecule has 0 radical (unpaired) electrons. The Labute approximate surface area is 164 Å². The molecule has 3 aromatic heterocycles. The molecule has 0 bridgehead atoms. The standard InChI is InChI=1S/C22H24N6/c1-2-22-26-21(16-28(22)15-19(1)18-4-5-24-13-18)12-20-11-17(3-6-25-20)14-27-9-7-23-8-10-27/h1-4,6,11,13,15-16,23H,5,7-10,12,14H2. The van der Waals surface area contributed by atoms with E-state index in [2.05, 4.69) is 67.3 Å². The van der Waals surface area contributed by atoms with Crippen LogP contribution in [0.5, 0.6) is 0 Å². The molecule has 2 aliphatic heterocycles. The number of pyridine rings is 2. The summed E-state index contributed by atoms with van der Waals surface area (Å²) >= 11 is 0. The number of hydrogen-bond acceptors (Lipinski definition) is 5. The van der Waals surface area contributed by atoms with Crippen molar-refractivity contribution in [2.24, 2.45) is 4.99 Å². The summed E-state index contributed by atoms with van der Waals surface area (Å²) in [5.74, 6) is 0. The molecular weight excluding hydrogens is 348 g/mol. The number of imidazole rings is 1. The van der Waals surface area contributed by atoms with Crippen molar-refractivity contribution < 1.29 is 0 Å². The van der Waals surface area contributed by atoms with E-state index in [0.29, 0.717) is 0 Å². The number of nitrogens with one attached hydrogen (secondary N) is 1. The van der Waals surface area contributed by atoms with E-state index in [1.165, 1.54) is 16.7 Å². The van der Waals surface area contributed by atoms with Crippen molar-refractivity contribution in [1.82, 2.24) is 24.6 Å². The van der Waals surface area contributed by atoms with E-state index in [1.807, 2.05) is 12.4 Å². The minimum Gasteiger partial charge on any atom is -0.314 e. The summed E-state index contributed by atoms with van der Waals surface area (Å²) in [6.07, 6.45) is 11.0. The van der Waals surface area contributed by atoms with Gasteiger partial charge in [0.1, 0.15) is 5.65 Å². The number of rotatable bonds is 5. The lowest BCUT2D eigenvalue weighted by Gasteiger charge is -2.27. The molecule has 0 aromatic carbocycles. The molecule has 142 valence electrons. The molecule has 0 atom stereocenters. The van der Waals surface area contributed by atoms with Gasteiger partial charge >= 0.3 is 0 Å². The van der Waals surface area contributed by atoms with Gasteiger partial charge in [0.25, 0.3) is 0 Å². The zero-order valence-electron chi connectivity index (χ0n) is 15.9. The first kappa shape index (κ1) is 17.3. The van der Waals surface area contributed by atoms with Crippen LogP contribution in [0, 0.1) is 0 Å². The first-order chi connectivity index (χ1) is 13.8. The topological polar surface area (TPSA) is 57.8 Å². The molecule has 0 spiro atoms. The van der Waals surface area contributed by atoms with Gasteiger partial charge in [0, 0.05) is 69.6 Å². The van der Waals surface area contributed by atoms with Crippen molar-refractivity contribution in [3.05, 3.63) is 71.4 Å². The minimum atomic E-state index is 0.747. The number of allylic oxidation sites excluding steroid dienone is 1. The molecule has 0 aliphatic carbocycles. The van der Waals surface area contributed by atoms with Crippen molar-refractivity contribution in [1.29, 1.82) is 0 Å². The van der Waals surface area contributed by atoms with Crippen molar-refractivity contribution >= 4 is 17.4 Å². The summed E-state index contributed by atoms with van der Waals surface area (Å²) in [6, 6.07) is 8.53. The Morgan fingerprint density at radius 3 is 2.82 bits per heavy atom. The van der Waals surface area contributed by atoms with Gasteiger partial charge in [0.15, 0.2) is 0 Å². The number of piperazine rings is 1. The molecule has 6 heteroatoms. The lowest BCUT2D eigenvalue weighted by Crippen LogP contribution is -2.42. The maximum absolute atomic E-state index is 4.77. The van der Waals surface area contributed by atoms with Crippen LogP contribution >= 0.6 is 0 Å². The SMILES string of the molecule is C1=NCC=C1c1ccc2nc(Cc3cc(CN4CCNCC4)ccn3)cn2c1. The Hall–Kier alpha value is -2.83. The predicted octanol–water partition coefficient (Wildman–Crippen LogP) is 2.19. The second-order valence-corrected chi connectivity index (χ2v) is 7.43. The van der Waals surface area contributed by atoms with Crippen LogP contribution in [-0.4, -0.2) is 58.2 Å². The molecular formula is C22H24N6. The fraction of sp³-hybridized carbons (Fsp3) is 0.318. The highest BCUT2D eigenvalue weighted by Gasteiger charge is 2.11. The van der Waals surface area contributed by atoms with E-state index in [-0.39, 0.29) is 0 Å². The number of fused-ring (bicyclic) bond motifs is 1. The van der Waals surface area contributed by atoms with Gasteiger partial charge in [-0.05, 0) is 41.0 Å². The Bertz CT molecular complexity index is 1040. The van der Waals surface area contributed by atoms with E-state index in [0.717, 1.165) is 62.7 Å². The highest BCUT2D eigenvalue weighted by Crippen LogP contribution is 2.18. The molecule has 5 heterocycles. The van der Waals surface area contributed by atoms with Crippen LogP contribution in [0.2, 0.25) is 0 Å². The molecule has 1 saturated heterocycles. The minimum absolute atomic E-state index is 0.747. The maximum atomic E-state index is 4.77. The summed E-state index contributed by atoms with van der Waals surface area (Å²) in [5, 5.41) is 3.40. The van der Waals surface area contributed by atoms with Crippen molar-refractivity contribution in [3.8, 4) is 0 Å². The summed E-state index contributed by atoms with van der Waals surface area (Å²) in [6.45, 7) is 6.12. The van der Waals surface area contributed by atoms with Gasteiger partial charge in [0.05, 0.1) is 12.2 Å². The van der Waals surface area contributed by atoms with Crippen LogP contribution in [0.25, 0.3) is 11.2 Å². The molecule has 5 rings (SSSR count). The third kappa shape index (κ3) is 3.74. The quantitative estimate of drug-likeness (QED) is 0.746. The zero-order valence-corrected chi connectivity index (χ0v) is 15.9. The normalized spacial score (nSPS) is 17.4. The van der Waals surface area contributed by atoms with E-state index >= 15 is 0 Å². The van der Waals surface area contributed by atoms with Crippen LogP contribution < -0.4 is 5.32 Å². The highest BCUT2D eigenvalue weighted by atomic mass is 15.2. The first-order valence-electron chi connectivity index (χ1n) is 9.88. The summed E-state index contributed by atoms with van der Waals surface area (Å²) in [4.78, 5) is 16.1. The number of hydrogen-bond donors (Lipinski definition) is 1. The largest absolute Gasteiger partial charge is 0.314 e. The summed E-state index contributed by atoms with van der Waals surface area (Å²) < 4.78 is 2.10. The van der Waals surface area contributed by atoms with Gasteiger partial charge in [-0.2, -0.15) is 0 Å². The van der Waals surface area contributed by atoms with Crippen molar-refractivity contribution in [2.45, 2.75) is 13.0 Å². The molecule has 28 heavy (non-hydrogen) atoms. The Morgan fingerprint density at radius 2 is 1.96 bits per heavy atom. The van der Waals surface area contributed by atoms with Crippen molar-refractivity contribution in [2.75, 3.05) is 32.7 Å². The van der Waals surface area contributed by atoms with Crippen LogP contribution in [0.4, 0.5) is 0 Å². The fourth-order valence-electron chi connectivity index (χ4n) is 3.88. The second kappa shape index (κ2) is 7.66. The smallest absolute Gasteiger partial charge is 0.137 e. The van der Waals surface area contributed by atoms with Crippen LogP contribution in [-0.2, 0) is 13.0 Å². The van der Waals surface area contributed by atoms with E-state index in [1.54, 1.807) is 0 Å². The lowest BCUT2D eigenvalue weighted by atomic mass is 10.1. The highest BCUT2D eigenvalue weighted by molar-refractivity contribution is 6.11. The third-order valence-corrected chi connectivity index (χ3v) is 5.34. The molecule has 6 nitrogen and oxygen atoms in total. The van der Waals surface area contributed by atoms with Crippen LogP contribution in [0.1, 0.15) is 22.5 Å². The maximum Gasteiger partial charge on any atom is 0.137 e. The van der Waals surface area contributed by atoms with Crippen LogP contribution in [0.15, 0.2) is 53.9 Å². The third-order valence-electron chi connectivity index (χ3n) is 5.34. The van der Waals surface area contributed by atoms with Crippen molar-refractivity contribution in [3.63, 3.8) is 0 Å². The van der Waals surface area contributed by atoms with Crippen LogP contribution in [0.3, 0.4) is 0 Å². The Balaban J connectivity index is 1.33. The monoisotopic (exact) mass is 372 g/mol. The zero-order chi connectivity index (χ0) is 18.8.